The van der Waals surface area contributed by atoms with Gasteiger partial charge in [-0.15, -0.1) is 0 Å². The van der Waals surface area contributed by atoms with E-state index in [1.165, 1.54) is 0 Å². The first-order chi connectivity index (χ1) is 8.58. The lowest BCUT2D eigenvalue weighted by atomic mass is 9.82. The first-order valence-corrected chi connectivity index (χ1v) is 6.44. The van der Waals surface area contributed by atoms with Gasteiger partial charge in [-0.2, -0.15) is 0 Å². The van der Waals surface area contributed by atoms with Gasteiger partial charge >= 0.3 is 0 Å². The zero-order valence-electron chi connectivity index (χ0n) is 10.2. The standard InChI is InChI=1S/C12H18F2N2O2/c13-9(14)6-16-7-10(17)15-11(12(16)18)8-4-2-1-3-5-8/h8-9,11H,1-7H2,(H,15,17). The van der Waals surface area contributed by atoms with Gasteiger partial charge in [0.1, 0.15) is 6.04 Å². The van der Waals surface area contributed by atoms with Gasteiger partial charge in [0, 0.05) is 0 Å². The second kappa shape index (κ2) is 5.63. The molecule has 0 aromatic rings. The van der Waals surface area contributed by atoms with E-state index in [1.54, 1.807) is 0 Å². The molecule has 1 heterocycles. The van der Waals surface area contributed by atoms with E-state index in [1.807, 2.05) is 0 Å². The van der Waals surface area contributed by atoms with Gasteiger partial charge in [0.25, 0.3) is 6.43 Å². The second-order valence-corrected chi connectivity index (χ2v) is 5.05. The third kappa shape index (κ3) is 2.97. The van der Waals surface area contributed by atoms with Crippen molar-refractivity contribution in [3.8, 4) is 0 Å². The van der Waals surface area contributed by atoms with Gasteiger partial charge in [0.2, 0.25) is 11.8 Å². The van der Waals surface area contributed by atoms with Crippen LogP contribution in [0.15, 0.2) is 0 Å². The molecule has 1 aliphatic carbocycles. The molecular weight excluding hydrogens is 242 g/mol. The molecule has 1 aliphatic heterocycles. The van der Waals surface area contributed by atoms with Gasteiger partial charge in [-0.1, -0.05) is 19.3 Å². The molecule has 2 fully saturated rings. The molecule has 0 aromatic heterocycles. The van der Waals surface area contributed by atoms with Gasteiger partial charge in [-0.25, -0.2) is 8.78 Å². The number of carbonyl (C=O) groups excluding carboxylic acids is 2. The van der Waals surface area contributed by atoms with Gasteiger partial charge < -0.3 is 10.2 Å². The molecule has 102 valence electrons. The molecule has 0 bridgehead atoms. The van der Waals surface area contributed by atoms with Crippen molar-refractivity contribution in [3.05, 3.63) is 0 Å². The van der Waals surface area contributed by atoms with Gasteiger partial charge in [-0.3, -0.25) is 9.59 Å². The lowest BCUT2D eigenvalue weighted by Gasteiger charge is -2.37. The van der Waals surface area contributed by atoms with E-state index < -0.39 is 19.0 Å². The van der Waals surface area contributed by atoms with Crippen LogP contribution >= 0.6 is 0 Å². The fourth-order valence-electron chi connectivity index (χ4n) is 2.84. The molecule has 0 radical (unpaired) electrons. The van der Waals surface area contributed by atoms with Crippen molar-refractivity contribution in [1.82, 2.24) is 10.2 Å². The molecule has 0 spiro atoms. The number of nitrogens with one attached hydrogen (secondary N) is 1. The third-order valence-corrected chi connectivity index (χ3v) is 3.71. The van der Waals surface area contributed by atoms with Crippen LogP contribution in [0.4, 0.5) is 8.78 Å². The maximum atomic E-state index is 12.4. The summed E-state index contributed by atoms with van der Waals surface area (Å²) in [4.78, 5) is 24.6. The van der Waals surface area contributed by atoms with E-state index in [0.29, 0.717) is 0 Å². The number of carbonyl (C=O) groups is 2. The van der Waals surface area contributed by atoms with E-state index in [2.05, 4.69) is 5.32 Å². The van der Waals surface area contributed by atoms with Crippen molar-refractivity contribution in [2.75, 3.05) is 13.1 Å². The third-order valence-electron chi connectivity index (χ3n) is 3.71. The van der Waals surface area contributed by atoms with Crippen molar-refractivity contribution in [3.63, 3.8) is 0 Å². The van der Waals surface area contributed by atoms with Crippen molar-refractivity contribution in [2.24, 2.45) is 5.92 Å². The first-order valence-electron chi connectivity index (χ1n) is 6.44. The molecule has 2 aliphatic rings. The van der Waals surface area contributed by atoms with E-state index in [0.717, 1.165) is 37.0 Å². The van der Waals surface area contributed by atoms with Crippen LogP contribution in [0, 0.1) is 5.92 Å². The molecule has 18 heavy (non-hydrogen) atoms. The highest BCUT2D eigenvalue weighted by atomic mass is 19.3. The highest BCUT2D eigenvalue weighted by molar-refractivity contribution is 5.95. The van der Waals surface area contributed by atoms with Crippen molar-refractivity contribution in [2.45, 2.75) is 44.6 Å². The summed E-state index contributed by atoms with van der Waals surface area (Å²) in [5, 5.41) is 2.66. The minimum atomic E-state index is -2.59. The average Bonchev–Trinajstić information content (AvgIpc) is 2.34. The van der Waals surface area contributed by atoms with Crippen LogP contribution in [0.2, 0.25) is 0 Å². The Labute approximate surface area is 105 Å². The predicted octanol–water partition coefficient (Wildman–Crippen LogP) is 1.16. The van der Waals surface area contributed by atoms with Crippen molar-refractivity contribution >= 4 is 11.8 Å². The summed E-state index contributed by atoms with van der Waals surface area (Å²) < 4.78 is 24.7. The maximum absolute atomic E-state index is 12.4. The quantitative estimate of drug-likeness (QED) is 0.827. The Morgan fingerprint density at radius 1 is 1.22 bits per heavy atom. The van der Waals surface area contributed by atoms with Crippen LogP contribution in [0.25, 0.3) is 0 Å². The van der Waals surface area contributed by atoms with Crippen LogP contribution in [-0.2, 0) is 9.59 Å². The number of halogens is 2. The predicted molar refractivity (Wildman–Crippen MR) is 61.1 cm³/mol. The highest BCUT2D eigenvalue weighted by Crippen LogP contribution is 2.28. The zero-order valence-corrected chi connectivity index (χ0v) is 10.2. The van der Waals surface area contributed by atoms with Gasteiger partial charge in [-0.05, 0) is 18.8 Å². The number of nitrogens with zero attached hydrogens (tertiary/aromatic N) is 1. The molecule has 1 saturated carbocycles. The molecule has 0 aromatic carbocycles. The Morgan fingerprint density at radius 2 is 1.89 bits per heavy atom. The monoisotopic (exact) mass is 260 g/mol. The lowest BCUT2D eigenvalue weighted by Crippen LogP contribution is -2.61. The molecule has 6 heteroatoms. The van der Waals surface area contributed by atoms with E-state index in [4.69, 9.17) is 0 Å². The van der Waals surface area contributed by atoms with E-state index >= 15 is 0 Å². The summed E-state index contributed by atoms with van der Waals surface area (Å²) in [5.74, 6) is -0.566. The van der Waals surface area contributed by atoms with E-state index in [9.17, 15) is 18.4 Å². The maximum Gasteiger partial charge on any atom is 0.255 e. The normalized spacial score (nSPS) is 26.6. The molecule has 1 atom stereocenters. The first kappa shape index (κ1) is 13.2. The molecule has 2 amide bonds. The highest BCUT2D eigenvalue weighted by Gasteiger charge is 2.38. The van der Waals surface area contributed by atoms with Crippen LogP contribution in [0.1, 0.15) is 32.1 Å². The van der Waals surface area contributed by atoms with Crippen LogP contribution in [0.3, 0.4) is 0 Å². The summed E-state index contributed by atoms with van der Waals surface area (Å²) in [6.07, 6.45) is 2.41. The number of alkyl halides is 2. The summed E-state index contributed by atoms with van der Waals surface area (Å²) in [6.45, 7) is -0.887. The summed E-state index contributed by atoms with van der Waals surface area (Å²) in [6, 6.07) is -0.592. The Balaban J connectivity index is 2.04. The smallest absolute Gasteiger partial charge is 0.255 e. The minimum absolute atomic E-state index is 0.107. The molecule has 4 nitrogen and oxygen atoms in total. The minimum Gasteiger partial charge on any atom is -0.342 e. The van der Waals surface area contributed by atoms with Crippen molar-refractivity contribution < 1.29 is 18.4 Å². The average molecular weight is 260 g/mol. The summed E-state index contributed by atoms with van der Waals surface area (Å²) in [7, 11) is 0. The number of amides is 2. The van der Waals surface area contributed by atoms with E-state index in [-0.39, 0.29) is 24.3 Å². The zero-order chi connectivity index (χ0) is 13.1. The molecule has 2 rings (SSSR count). The molecule has 1 N–H and O–H groups in total. The number of piperazine rings is 1. The summed E-state index contributed by atoms with van der Waals surface area (Å²) >= 11 is 0. The van der Waals surface area contributed by atoms with Crippen LogP contribution < -0.4 is 5.32 Å². The Kier molecular flexibility index (Phi) is 4.14. The van der Waals surface area contributed by atoms with Crippen molar-refractivity contribution in [1.29, 1.82) is 0 Å². The lowest BCUT2D eigenvalue weighted by molar-refractivity contribution is -0.148. The molecular formula is C12H18F2N2O2. The number of hydrogen-bond acceptors (Lipinski definition) is 2. The topological polar surface area (TPSA) is 49.4 Å². The Bertz CT molecular complexity index is 330. The second-order valence-electron chi connectivity index (χ2n) is 5.05. The van der Waals surface area contributed by atoms with Gasteiger partial charge in [0.05, 0.1) is 13.1 Å². The SMILES string of the molecule is O=C1CN(CC(F)F)C(=O)C(C2CCCCC2)N1. The van der Waals surface area contributed by atoms with Crippen LogP contribution in [0.5, 0.6) is 0 Å². The largest absolute Gasteiger partial charge is 0.342 e. The molecule has 1 unspecified atom stereocenters. The number of rotatable bonds is 3. The fraction of sp³-hybridized carbons (Fsp3) is 0.833. The van der Waals surface area contributed by atoms with Gasteiger partial charge in [0.15, 0.2) is 0 Å². The fourth-order valence-corrected chi connectivity index (χ4v) is 2.84. The summed E-state index contributed by atoms with van der Waals surface area (Å²) in [5.41, 5.74) is 0. The van der Waals surface area contributed by atoms with Crippen LogP contribution in [-0.4, -0.2) is 42.3 Å². The number of hydrogen-bond donors (Lipinski definition) is 1. The Hall–Kier alpha value is -1.20. The molecule has 1 saturated heterocycles. The Morgan fingerprint density at radius 3 is 2.50 bits per heavy atom.